The second-order valence-corrected chi connectivity index (χ2v) is 4.43. The molecule has 0 spiro atoms. The van der Waals surface area contributed by atoms with Crippen molar-refractivity contribution >= 4 is 22.3 Å². The Morgan fingerprint density at radius 3 is 2.45 bits per heavy atom. The van der Waals surface area contributed by atoms with Gasteiger partial charge in [0, 0.05) is 5.57 Å². The summed E-state index contributed by atoms with van der Waals surface area (Å²) in [7, 11) is 0. The number of hydrogen-bond donors (Lipinski definition) is 0. The third kappa shape index (κ3) is 2.87. The molecule has 0 unspecified atom stereocenters. The zero-order chi connectivity index (χ0) is 14.5. The Bertz CT molecular complexity index is 659. The summed E-state index contributed by atoms with van der Waals surface area (Å²) >= 11 is 0. The molecule has 2 nitrogen and oxygen atoms in total. The third-order valence-corrected chi connectivity index (χ3v) is 3.17. The van der Waals surface area contributed by atoms with Gasteiger partial charge in [-0.1, -0.05) is 43.3 Å². The van der Waals surface area contributed by atoms with Crippen molar-refractivity contribution in [2.75, 3.05) is 6.61 Å². The first-order valence-electron chi connectivity index (χ1n) is 6.72. The number of benzene rings is 2. The highest BCUT2D eigenvalue weighted by Crippen LogP contribution is 2.27. The van der Waals surface area contributed by atoms with Crippen LogP contribution < -0.4 is 0 Å². The molecule has 0 aliphatic rings. The number of rotatable bonds is 4. The Kier molecular flexibility index (Phi) is 4.51. The molecule has 0 fully saturated rings. The van der Waals surface area contributed by atoms with E-state index in [1.807, 2.05) is 49.4 Å². The van der Waals surface area contributed by atoms with Crippen LogP contribution in [0.15, 0.2) is 48.3 Å². The Hall–Kier alpha value is -2.16. The molecule has 2 aromatic carbocycles. The van der Waals surface area contributed by atoms with Crippen LogP contribution >= 0.6 is 0 Å². The zero-order valence-electron chi connectivity index (χ0n) is 11.7. The molecule has 0 bridgehead atoms. The van der Waals surface area contributed by atoms with Crippen LogP contribution in [0.1, 0.15) is 25.8 Å². The molecule has 3 heteroatoms. The zero-order valence-corrected chi connectivity index (χ0v) is 11.7. The Morgan fingerprint density at radius 1 is 1.10 bits per heavy atom. The molecule has 0 radical (unpaired) electrons. The van der Waals surface area contributed by atoms with Gasteiger partial charge in [-0.15, -0.1) is 0 Å². The number of esters is 1. The van der Waals surface area contributed by atoms with Gasteiger partial charge in [0.15, 0.2) is 0 Å². The minimum absolute atomic E-state index is 0.168. The molecule has 104 valence electrons. The molecule has 2 aromatic rings. The molecule has 20 heavy (non-hydrogen) atoms. The van der Waals surface area contributed by atoms with Gasteiger partial charge in [0.25, 0.3) is 0 Å². The van der Waals surface area contributed by atoms with Gasteiger partial charge in [-0.2, -0.15) is 4.39 Å². The number of fused-ring (bicyclic) bond motifs is 1. The molecule has 0 atom stereocenters. The summed E-state index contributed by atoms with van der Waals surface area (Å²) in [6.07, 6.45) is 0.434. The highest BCUT2D eigenvalue weighted by molar-refractivity contribution is 5.96. The molecular weight excluding hydrogens is 255 g/mol. The van der Waals surface area contributed by atoms with E-state index >= 15 is 0 Å². The van der Waals surface area contributed by atoms with E-state index in [1.165, 1.54) is 0 Å². The van der Waals surface area contributed by atoms with Gasteiger partial charge >= 0.3 is 5.97 Å². The van der Waals surface area contributed by atoms with Crippen molar-refractivity contribution < 1.29 is 13.9 Å². The number of carbonyl (C=O) groups excluding carboxylic acids is 1. The van der Waals surface area contributed by atoms with Gasteiger partial charge in [-0.05, 0) is 35.7 Å². The van der Waals surface area contributed by atoms with E-state index in [9.17, 15) is 9.18 Å². The summed E-state index contributed by atoms with van der Waals surface area (Å²) in [5, 5.41) is 2.11. The predicted octanol–water partition coefficient (Wildman–Crippen LogP) is 4.49. The van der Waals surface area contributed by atoms with Crippen LogP contribution in [-0.4, -0.2) is 12.6 Å². The van der Waals surface area contributed by atoms with E-state index in [0.717, 1.165) is 16.3 Å². The van der Waals surface area contributed by atoms with Crippen LogP contribution in [0.5, 0.6) is 0 Å². The number of allylic oxidation sites excluding steroid dienone is 1. The van der Waals surface area contributed by atoms with E-state index in [0.29, 0.717) is 12.0 Å². The molecule has 0 aliphatic heterocycles. The van der Waals surface area contributed by atoms with E-state index in [-0.39, 0.29) is 6.61 Å². The van der Waals surface area contributed by atoms with Gasteiger partial charge in [-0.3, -0.25) is 0 Å². The summed E-state index contributed by atoms with van der Waals surface area (Å²) < 4.78 is 18.9. The van der Waals surface area contributed by atoms with Crippen LogP contribution in [0, 0.1) is 0 Å². The number of halogens is 1. The number of ether oxygens (including phenoxy) is 1. The Morgan fingerprint density at radius 2 is 1.80 bits per heavy atom. The van der Waals surface area contributed by atoms with Gasteiger partial charge in [0.2, 0.25) is 5.83 Å². The van der Waals surface area contributed by atoms with Gasteiger partial charge in [0.05, 0.1) is 6.61 Å². The van der Waals surface area contributed by atoms with Gasteiger partial charge < -0.3 is 4.74 Å². The Balaban J connectivity index is 2.48. The highest BCUT2D eigenvalue weighted by Gasteiger charge is 2.16. The van der Waals surface area contributed by atoms with Crippen LogP contribution in [0.2, 0.25) is 0 Å². The SMILES string of the molecule is CCOC(=O)/C(F)=C(\CC)c1ccc2ccccc2c1. The van der Waals surface area contributed by atoms with Crippen molar-refractivity contribution in [3.8, 4) is 0 Å². The average molecular weight is 272 g/mol. The van der Waals surface area contributed by atoms with Crippen molar-refractivity contribution in [2.45, 2.75) is 20.3 Å². The second-order valence-electron chi connectivity index (χ2n) is 4.43. The maximum atomic E-state index is 14.1. The summed E-state index contributed by atoms with van der Waals surface area (Å²) in [6.45, 7) is 3.65. The molecule has 2 rings (SSSR count). The van der Waals surface area contributed by atoms with Crippen molar-refractivity contribution in [2.24, 2.45) is 0 Å². The van der Waals surface area contributed by atoms with E-state index in [2.05, 4.69) is 0 Å². The van der Waals surface area contributed by atoms with Crippen molar-refractivity contribution in [1.82, 2.24) is 0 Å². The fraction of sp³-hybridized carbons (Fsp3) is 0.235. The lowest BCUT2D eigenvalue weighted by molar-refractivity contribution is -0.140. The lowest BCUT2D eigenvalue weighted by Crippen LogP contribution is -2.06. The number of carbonyl (C=O) groups is 1. The van der Waals surface area contributed by atoms with Crippen LogP contribution in [0.25, 0.3) is 16.3 Å². The van der Waals surface area contributed by atoms with Crippen molar-refractivity contribution in [1.29, 1.82) is 0 Å². The molecule has 0 aromatic heterocycles. The number of hydrogen-bond acceptors (Lipinski definition) is 2. The fourth-order valence-corrected chi connectivity index (χ4v) is 2.18. The monoisotopic (exact) mass is 272 g/mol. The van der Waals surface area contributed by atoms with E-state index in [1.54, 1.807) is 6.92 Å². The minimum Gasteiger partial charge on any atom is -0.461 e. The molecule has 0 aliphatic carbocycles. The standard InChI is InChI=1S/C17H17FO2/c1-3-15(16(18)17(19)20-4-2)14-10-9-12-7-5-6-8-13(12)11-14/h5-11H,3-4H2,1-2H3/b16-15-. The van der Waals surface area contributed by atoms with Crippen LogP contribution in [0.4, 0.5) is 4.39 Å². The summed E-state index contributed by atoms with van der Waals surface area (Å²) in [6, 6.07) is 13.5. The van der Waals surface area contributed by atoms with Crippen molar-refractivity contribution in [3.63, 3.8) is 0 Å². The van der Waals surface area contributed by atoms with Gasteiger partial charge in [-0.25, -0.2) is 4.79 Å². The lowest BCUT2D eigenvalue weighted by atomic mass is 9.99. The second kappa shape index (κ2) is 6.33. The average Bonchev–Trinajstić information content (AvgIpc) is 2.48. The summed E-state index contributed by atoms with van der Waals surface area (Å²) in [4.78, 5) is 11.5. The largest absolute Gasteiger partial charge is 0.461 e. The maximum Gasteiger partial charge on any atom is 0.367 e. The molecule has 0 heterocycles. The van der Waals surface area contributed by atoms with E-state index < -0.39 is 11.8 Å². The molecule has 0 saturated heterocycles. The third-order valence-electron chi connectivity index (χ3n) is 3.17. The molecule has 0 amide bonds. The van der Waals surface area contributed by atoms with Crippen LogP contribution in [-0.2, 0) is 9.53 Å². The lowest BCUT2D eigenvalue weighted by Gasteiger charge is -2.09. The molecular formula is C17H17FO2. The van der Waals surface area contributed by atoms with Gasteiger partial charge in [0.1, 0.15) is 0 Å². The molecule has 0 N–H and O–H groups in total. The predicted molar refractivity (Wildman–Crippen MR) is 78.9 cm³/mol. The van der Waals surface area contributed by atoms with Crippen LogP contribution in [0.3, 0.4) is 0 Å². The quantitative estimate of drug-likeness (QED) is 0.605. The normalized spacial score (nSPS) is 12.2. The maximum absolute atomic E-state index is 14.1. The molecule has 0 saturated carbocycles. The minimum atomic E-state index is -0.891. The topological polar surface area (TPSA) is 26.3 Å². The summed E-state index contributed by atoms with van der Waals surface area (Å²) in [5.74, 6) is -1.69. The first-order chi connectivity index (χ1) is 9.67. The Labute approximate surface area is 117 Å². The smallest absolute Gasteiger partial charge is 0.367 e. The first kappa shape index (κ1) is 14.3. The highest BCUT2D eigenvalue weighted by atomic mass is 19.1. The van der Waals surface area contributed by atoms with Crippen molar-refractivity contribution in [3.05, 3.63) is 53.9 Å². The van der Waals surface area contributed by atoms with E-state index in [4.69, 9.17) is 4.74 Å². The first-order valence-corrected chi connectivity index (χ1v) is 6.72. The fourth-order valence-electron chi connectivity index (χ4n) is 2.18. The summed E-state index contributed by atoms with van der Waals surface area (Å²) in [5.41, 5.74) is 1.10.